The first-order valence-corrected chi connectivity index (χ1v) is 7.35. The van der Waals surface area contributed by atoms with Crippen LogP contribution in [0.5, 0.6) is 0 Å². The molecule has 1 aromatic carbocycles. The molecule has 0 bridgehead atoms. The van der Waals surface area contributed by atoms with Gasteiger partial charge in [-0.3, -0.25) is 14.9 Å². The second-order valence-corrected chi connectivity index (χ2v) is 5.29. The van der Waals surface area contributed by atoms with Gasteiger partial charge in [-0.15, -0.1) is 0 Å². The number of hydrogen-bond acceptors (Lipinski definition) is 6. The molecular weight excluding hydrogens is 316 g/mol. The Labute approximate surface area is 138 Å². The second kappa shape index (κ2) is 7.69. The summed E-state index contributed by atoms with van der Waals surface area (Å²) in [5.41, 5.74) is 0.749. The first-order chi connectivity index (χ1) is 11.5. The fraction of sp³-hybridized carbons (Fsp3) is 0.375. The molecule has 0 saturated heterocycles. The van der Waals surface area contributed by atoms with Crippen molar-refractivity contribution in [3.05, 3.63) is 51.2 Å². The standard InChI is InChI=1S/C16H18N2O6/c1-10-15(16(20)24-8-7-23-2)12(9-14(19)17-10)11-5-3-4-6-13(11)18(21)22/h3-6,12H,7-9H2,1-2H3,(H,17,19)/t12-/m1/s1. The molecule has 1 aliphatic heterocycles. The highest BCUT2D eigenvalue weighted by molar-refractivity contribution is 5.96. The van der Waals surface area contributed by atoms with Crippen LogP contribution in [0.3, 0.4) is 0 Å². The minimum Gasteiger partial charge on any atom is -0.460 e. The van der Waals surface area contributed by atoms with Gasteiger partial charge in [-0.05, 0) is 6.92 Å². The largest absolute Gasteiger partial charge is 0.460 e. The molecule has 0 fully saturated rings. The highest BCUT2D eigenvalue weighted by atomic mass is 16.6. The molecule has 128 valence electrons. The van der Waals surface area contributed by atoms with Gasteiger partial charge in [0.25, 0.3) is 5.69 Å². The normalized spacial score (nSPS) is 17.4. The Morgan fingerprint density at radius 3 is 2.75 bits per heavy atom. The maximum absolute atomic E-state index is 12.4. The van der Waals surface area contributed by atoms with E-state index in [1.54, 1.807) is 19.1 Å². The number of nitro benzene ring substituents is 1. The average Bonchev–Trinajstić information content (AvgIpc) is 2.54. The van der Waals surface area contributed by atoms with E-state index in [1.165, 1.54) is 19.2 Å². The lowest BCUT2D eigenvalue weighted by Gasteiger charge is -2.26. The lowest BCUT2D eigenvalue weighted by atomic mass is 9.83. The first-order valence-electron chi connectivity index (χ1n) is 7.35. The Kier molecular flexibility index (Phi) is 5.64. The highest BCUT2D eigenvalue weighted by Gasteiger charge is 2.36. The Bertz CT molecular complexity index is 698. The predicted molar refractivity (Wildman–Crippen MR) is 84.1 cm³/mol. The van der Waals surface area contributed by atoms with Gasteiger partial charge in [-0.2, -0.15) is 0 Å². The number of amides is 1. The van der Waals surface area contributed by atoms with E-state index in [-0.39, 0.29) is 36.8 Å². The van der Waals surface area contributed by atoms with Crippen LogP contribution in [-0.4, -0.2) is 37.1 Å². The highest BCUT2D eigenvalue weighted by Crippen LogP contribution is 2.37. The van der Waals surface area contributed by atoms with Crippen molar-refractivity contribution >= 4 is 17.6 Å². The zero-order valence-corrected chi connectivity index (χ0v) is 13.4. The number of hydrogen-bond donors (Lipinski definition) is 1. The maximum atomic E-state index is 12.4. The van der Waals surface area contributed by atoms with Crippen LogP contribution in [0.15, 0.2) is 35.5 Å². The zero-order chi connectivity index (χ0) is 17.7. The lowest BCUT2D eigenvalue weighted by molar-refractivity contribution is -0.385. The number of carbonyl (C=O) groups is 2. The minimum atomic E-state index is -0.726. The Balaban J connectivity index is 2.42. The molecular formula is C16H18N2O6. The molecule has 1 atom stereocenters. The number of carbonyl (C=O) groups excluding carboxylic acids is 2. The molecule has 24 heavy (non-hydrogen) atoms. The summed E-state index contributed by atoms with van der Waals surface area (Å²) in [5, 5.41) is 13.9. The topological polar surface area (TPSA) is 108 Å². The fourth-order valence-corrected chi connectivity index (χ4v) is 2.68. The van der Waals surface area contributed by atoms with Gasteiger partial charge in [0.05, 0.1) is 17.1 Å². The Morgan fingerprint density at radius 1 is 1.38 bits per heavy atom. The molecule has 8 nitrogen and oxygen atoms in total. The third-order valence-electron chi connectivity index (χ3n) is 3.72. The Morgan fingerprint density at radius 2 is 2.08 bits per heavy atom. The van der Waals surface area contributed by atoms with Crippen molar-refractivity contribution in [2.24, 2.45) is 0 Å². The molecule has 0 spiro atoms. The number of nitrogens with zero attached hydrogens (tertiary/aromatic N) is 1. The van der Waals surface area contributed by atoms with Crippen LogP contribution >= 0.6 is 0 Å². The van der Waals surface area contributed by atoms with Gasteiger partial charge in [0, 0.05) is 36.8 Å². The fourth-order valence-electron chi connectivity index (χ4n) is 2.68. The molecule has 0 radical (unpaired) electrons. The maximum Gasteiger partial charge on any atom is 0.336 e. The van der Waals surface area contributed by atoms with Gasteiger partial charge < -0.3 is 14.8 Å². The predicted octanol–water partition coefficient (Wildman–Crippen LogP) is 1.66. The summed E-state index contributed by atoms with van der Waals surface area (Å²) < 4.78 is 9.97. The van der Waals surface area contributed by atoms with E-state index < -0.39 is 16.8 Å². The molecule has 1 heterocycles. The summed E-state index contributed by atoms with van der Waals surface area (Å²) in [5.74, 6) is -1.65. The molecule has 8 heteroatoms. The quantitative estimate of drug-likeness (QED) is 0.367. The molecule has 1 aromatic rings. The number of nitro groups is 1. The molecule has 0 saturated carbocycles. The second-order valence-electron chi connectivity index (χ2n) is 5.29. The van der Waals surface area contributed by atoms with Gasteiger partial charge in [0.1, 0.15) is 6.61 Å². The van der Waals surface area contributed by atoms with Crippen molar-refractivity contribution in [1.82, 2.24) is 5.32 Å². The van der Waals surface area contributed by atoms with Crippen LogP contribution < -0.4 is 5.32 Å². The Hall–Kier alpha value is -2.74. The minimum absolute atomic E-state index is 0.0586. The van der Waals surface area contributed by atoms with E-state index in [0.717, 1.165) is 0 Å². The van der Waals surface area contributed by atoms with Gasteiger partial charge >= 0.3 is 5.97 Å². The van der Waals surface area contributed by atoms with Crippen LogP contribution in [-0.2, 0) is 19.1 Å². The van der Waals surface area contributed by atoms with E-state index in [1.807, 2.05) is 0 Å². The lowest BCUT2D eigenvalue weighted by Crippen LogP contribution is -2.34. The van der Waals surface area contributed by atoms with Crippen LogP contribution in [0.4, 0.5) is 5.69 Å². The summed E-state index contributed by atoms with van der Waals surface area (Å²) in [7, 11) is 1.48. The van der Waals surface area contributed by atoms with E-state index in [4.69, 9.17) is 9.47 Å². The van der Waals surface area contributed by atoms with Crippen molar-refractivity contribution in [3.8, 4) is 0 Å². The third kappa shape index (κ3) is 3.77. The molecule has 1 N–H and O–H groups in total. The average molecular weight is 334 g/mol. The third-order valence-corrected chi connectivity index (χ3v) is 3.72. The summed E-state index contributed by atoms with van der Waals surface area (Å²) >= 11 is 0. The van der Waals surface area contributed by atoms with Gasteiger partial charge in [-0.1, -0.05) is 18.2 Å². The molecule has 0 unspecified atom stereocenters. The molecule has 1 aliphatic rings. The van der Waals surface area contributed by atoms with Crippen molar-refractivity contribution in [1.29, 1.82) is 0 Å². The number of esters is 1. The molecule has 0 aliphatic carbocycles. The van der Waals surface area contributed by atoms with E-state index >= 15 is 0 Å². The van der Waals surface area contributed by atoms with Crippen molar-refractivity contribution in [2.75, 3.05) is 20.3 Å². The molecule has 2 rings (SSSR count). The smallest absolute Gasteiger partial charge is 0.336 e. The van der Waals surface area contributed by atoms with Gasteiger partial charge in [-0.25, -0.2) is 4.79 Å². The summed E-state index contributed by atoms with van der Waals surface area (Å²) in [6.45, 7) is 1.87. The number of nitrogens with one attached hydrogen (secondary N) is 1. The number of benzene rings is 1. The van der Waals surface area contributed by atoms with E-state index in [0.29, 0.717) is 11.3 Å². The summed E-state index contributed by atoms with van der Waals surface area (Å²) in [6, 6.07) is 6.08. The zero-order valence-electron chi connectivity index (χ0n) is 13.4. The number of para-hydroxylation sites is 1. The molecule has 1 amide bonds. The van der Waals surface area contributed by atoms with Crippen LogP contribution in [0.25, 0.3) is 0 Å². The summed E-state index contributed by atoms with van der Waals surface area (Å²) in [4.78, 5) is 35.0. The van der Waals surface area contributed by atoms with E-state index in [9.17, 15) is 19.7 Å². The SMILES string of the molecule is COCCOC(=O)C1=C(C)NC(=O)C[C@@H]1c1ccccc1[N+](=O)[O-]. The van der Waals surface area contributed by atoms with Crippen molar-refractivity contribution in [2.45, 2.75) is 19.3 Å². The number of methoxy groups -OCH3 is 1. The monoisotopic (exact) mass is 334 g/mol. The number of rotatable bonds is 6. The van der Waals surface area contributed by atoms with Crippen molar-refractivity contribution < 1.29 is 24.0 Å². The van der Waals surface area contributed by atoms with Gasteiger partial charge in [0.15, 0.2) is 0 Å². The van der Waals surface area contributed by atoms with Crippen LogP contribution in [0.1, 0.15) is 24.8 Å². The number of allylic oxidation sites excluding steroid dienone is 1. The first kappa shape index (κ1) is 17.6. The molecule has 0 aromatic heterocycles. The van der Waals surface area contributed by atoms with Crippen LogP contribution in [0, 0.1) is 10.1 Å². The number of ether oxygens (including phenoxy) is 2. The van der Waals surface area contributed by atoms with E-state index in [2.05, 4.69) is 5.32 Å². The summed E-state index contributed by atoms with van der Waals surface area (Å²) in [6.07, 6.45) is -0.0586. The van der Waals surface area contributed by atoms with Crippen LogP contribution in [0.2, 0.25) is 0 Å². The van der Waals surface area contributed by atoms with Gasteiger partial charge in [0.2, 0.25) is 5.91 Å². The van der Waals surface area contributed by atoms with Crippen molar-refractivity contribution in [3.63, 3.8) is 0 Å².